The summed E-state index contributed by atoms with van der Waals surface area (Å²) in [6.07, 6.45) is 3.39. The highest BCUT2D eigenvalue weighted by molar-refractivity contribution is 7.89. The monoisotopic (exact) mass is 377 g/mol. The van der Waals surface area contributed by atoms with E-state index >= 15 is 0 Å². The smallest absolute Gasteiger partial charge is 0.271 e. The maximum Gasteiger partial charge on any atom is 0.271 e. The number of nitrogens with zero attached hydrogens (tertiary/aromatic N) is 2. The number of aromatic nitrogens is 1. The zero-order valence-corrected chi connectivity index (χ0v) is 15.9. The Balaban J connectivity index is 1.85. The van der Waals surface area contributed by atoms with E-state index in [1.54, 1.807) is 18.7 Å². The van der Waals surface area contributed by atoms with Crippen LogP contribution in [0.1, 0.15) is 28.9 Å². The molecule has 1 aliphatic rings. The van der Waals surface area contributed by atoms with Crippen molar-refractivity contribution in [3.8, 4) is 5.75 Å². The third-order valence-corrected chi connectivity index (χ3v) is 5.92. The highest BCUT2D eigenvalue weighted by Gasteiger charge is 2.34. The SMILES string of the molecule is CNS(=O)(=O)c1cc(C(=O)N(Cc2ccc(OC)cc2)C2CC2)n(C)c1. The van der Waals surface area contributed by atoms with Gasteiger partial charge in [-0.2, -0.15) is 0 Å². The van der Waals surface area contributed by atoms with E-state index in [4.69, 9.17) is 4.74 Å². The molecular formula is C18H23N3O4S. The molecule has 7 nitrogen and oxygen atoms in total. The Morgan fingerprint density at radius 3 is 2.50 bits per heavy atom. The van der Waals surface area contributed by atoms with Gasteiger partial charge in [0.2, 0.25) is 10.0 Å². The Labute approximate surface area is 153 Å². The van der Waals surface area contributed by atoms with Crippen LogP contribution in [0.5, 0.6) is 5.75 Å². The van der Waals surface area contributed by atoms with E-state index < -0.39 is 10.0 Å². The van der Waals surface area contributed by atoms with E-state index in [0.717, 1.165) is 24.2 Å². The number of aryl methyl sites for hydroxylation is 1. The van der Waals surface area contributed by atoms with E-state index in [9.17, 15) is 13.2 Å². The van der Waals surface area contributed by atoms with Gasteiger partial charge in [0, 0.05) is 25.8 Å². The van der Waals surface area contributed by atoms with E-state index in [1.165, 1.54) is 19.3 Å². The second-order valence-electron chi connectivity index (χ2n) is 6.39. The third-order valence-electron chi connectivity index (χ3n) is 4.54. The summed E-state index contributed by atoms with van der Waals surface area (Å²) < 4.78 is 33.0. The van der Waals surface area contributed by atoms with Crippen LogP contribution in [-0.4, -0.2) is 44.0 Å². The zero-order chi connectivity index (χ0) is 18.9. The first kappa shape index (κ1) is 18.5. The van der Waals surface area contributed by atoms with Crippen molar-refractivity contribution >= 4 is 15.9 Å². The van der Waals surface area contributed by atoms with Crippen LogP contribution < -0.4 is 9.46 Å². The van der Waals surface area contributed by atoms with Crippen LogP contribution in [0, 0.1) is 0 Å². The van der Waals surface area contributed by atoms with Crippen LogP contribution in [0.3, 0.4) is 0 Å². The van der Waals surface area contributed by atoms with Gasteiger partial charge < -0.3 is 14.2 Å². The van der Waals surface area contributed by atoms with Crippen molar-refractivity contribution in [1.29, 1.82) is 0 Å². The highest BCUT2D eigenvalue weighted by atomic mass is 32.2. The Kier molecular flexibility index (Phi) is 5.06. The lowest BCUT2D eigenvalue weighted by Gasteiger charge is -2.23. The predicted molar refractivity (Wildman–Crippen MR) is 97.5 cm³/mol. The van der Waals surface area contributed by atoms with Gasteiger partial charge in [0.1, 0.15) is 16.3 Å². The van der Waals surface area contributed by atoms with Crippen molar-refractivity contribution in [3.05, 3.63) is 47.8 Å². The molecule has 2 aromatic rings. The van der Waals surface area contributed by atoms with Gasteiger partial charge in [-0.05, 0) is 43.7 Å². The topological polar surface area (TPSA) is 80.6 Å². The summed E-state index contributed by atoms with van der Waals surface area (Å²) in [4.78, 5) is 15.0. The van der Waals surface area contributed by atoms with Gasteiger partial charge in [-0.25, -0.2) is 13.1 Å². The Bertz CT molecular complexity index is 899. The van der Waals surface area contributed by atoms with Crippen LogP contribution in [0.25, 0.3) is 0 Å². The van der Waals surface area contributed by atoms with E-state index in [1.807, 2.05) is 29.2 Å². The number of amides is 1. The van der Waals surface area contributed by atoms with Crippen molar-refractivity contribution in [3.63, 3.8) is 0 Å². The molecule has 1 aromatic heterocycles. The number of ether oxygens (including phenoxy) is 1. The van der Waals surface area contributed by atoms with Gasteiger partial charge >= 0.3 is 0 Å². The Morgan fingerprint density at radius 1 is 1.31 bits per heavy atom. The molecule has 0 unspecified atom stereocenters. The molecule has 1 heterocycles. The number of methoxy groups -OCH3 is 1. The summed E-state index contributed by atoms with van der Waals surface area (Å²) in [5.74, 6) is 0.603. The normalized spacial score (nSPS) is 14.3. The molecule has 1 N–H and O–H groups in total. The average Bonchev–Trinajstić information content (AvgIpc) is 3.40. The zero-order valence-electron chi connectivity index (χ0n) is 15.1. The van der Waals surface area contributed by atoms with Gasteiger partial charge in [-0.3, -0.25) is 4.79 Å². The number of nitrogens with one attached hydrogen (secondary N) is 1. The lowest BCUT2D eigenvalue weighted by atomic mass is 10.2. The first-order chi connectivity index (χ1) is 12.4. The molecule has 140 valence electrons. The summed E-state index contributed by atoms with van der Waals surface area (Å²) in [5.41, 5.74) is 1.36. The number of benzene rings is 1. The number of hydrogen-bond acceptors (Lipinski definition) is 4. The molecule has 1 aromatic carbocycles. The molecule has 0 radical (unpaired) electrons. The van der Waals surface area contributed by atoms with Gasteiger partial charge in [-0.1, -0.05) is 12.1 Å². The van der Waals surface area contributed by atoms with Crippen molar-refractivity contribution in [1.82, 2.24) is 14.2 Å². The summed E-state index contributed by atoms with van der Waals surface area (Å²) >= 11 is 0. The van der Waals surface area contributed by atoms with E-state index in [2.05, 4.69) is 4.72 Å². The maximum absolute atomic E-state index is 13.1. The van der Waals surface area contributed by atoms with Crippen LogP contribution in [-0.2, 0) is 23.6 Å². The largest absolute Gasteiger partial charge is 0.497 e. The molecule has 0 saturated heterocycles. The first-order valence-corrected chi connectivity index (χ1v) is 9.88. The molecule has 1 aliphatic carbocycles. The van der Waals surface area contributed by atoms with Crippen molar-refractivity contribution in [2.45, 2.75) is 30.3 Å². The first-order valence-electron chi connectivity index (χ1n) is 8.39. The Hall–Kier alpha value is -2.32. The average molecular weight is 377 g/mol. The minimum atomic E-state index is -3.59. The van der Waals surface area contributed by atoms with Crippen molar-refractivity contribution in [2.75, 3.05) is 14.2 Å². The number of carbonyl (C=O) groups is 1. The number of rotatable bonds is 7. The molecule has 3 rings (SSSR count). The molecule has 26 heavy (non-hydrogen) atoms. The molecule has 0 bridgehead atoms. The fraction of sp³-hybridized carbons (Fsp3) is 0.389. The molecule has 8 heteroatoms. The highest BCUT2D eigenvalue weighted by Crippen LogP contribution is 2.30. The maximum atomic E-state index is 13.1. The predicted octanol–water partition coefficient (Wildman–Crippen LogP) is 1.75. The molecule has 1 fully saturated rings. The molecule has 0 aliphatic heterocycles. The standard InChI is InChI=1S/C18H23N3O4S/c1-19-26(23,24)16-10-17(20(2)12-16)18(22)21(14-6-7-14)11-13-4-8-15(25-3)9-5-13/h4-5,8-10,12,14,19H,6-7,11H2,1-3H3. The van der Waals surface area contributed by atoms with Crippen LogP contribution in [0.4, 0.5) is 0 Å². The minimum absolute atomic E-state index is 0.0889. The molecule has 0 atom stereocenters. The van der Waals surface area contributed by atoms with Gasteiger partial charge in [0.05, 0.1) is 7.11 Å². The van der Waals surface area contributed by atoms with Gasteiger partial charge in [0.25, 0.3) is 5.91 Å². The van der Waals surface area contributed by atoms with Gasteiger partial charge in [0.15, 0.2) is 0 Å². The summed E-state index contributed by atoms with van der Waals surface area (Å²) in [6.45, 7) is 0.479. The molecule has 0 spiro atoms. The quantitative estimate of drug-likeness (QED) is 0.797. The van der Waals surface area contributed by atoms with Crippen molar-refractivity contribution < 1.29 is 17.9 Å². The fourth-order valence-corrected chi connectivity index (χ4v) is 3.64. The minimum Gasteiger partial charge on any atom is -0.497 e. The summed E-state index contributed by atoms with van der Waals surface area (Å²) in [7, 11) is 1.06. The van der Waals surface area contributed by atoms with Crippen LogP contribution in [0.15, 0.2) is 41.4 Å². The van der Waals surface area contributed by atoms with Crippen LogP contribution >= 0.6 is 0 Å². The molecule has 1 amide bonds. The summed E-state index contributed by atoms with van der Waals surface area (Å²) in [6, 6.07) is 9.23. The number of sulfonamides is 1. The third kappa shape index (κ3) is 3.76. The molecular weight excluding hydrogens is 354 g/mol. The fourth-order valence-electron chi connectivity index (χ4n) is 2.84. The lowest BCUT2D eigenvalue weighted by molar-refractivity contribution is 0.0720. The number of hydrogen-bond donors (Lipinski definition) is 1. The van der Waals surface area contributed by atoms with E-state index in [0.29, 0.717) is 12.2 Å². The van der Waals surface area contributed by atoms with Crippen LogP contribution in [0.2, 0.25) is 0 Å². The second-order valence-corrected chi connectivity index (χ2v) is 8.28. The molecule has 1 saturated carbocycles. The van der Waals surface area contributed by atoms with E-state index in [-0.39, 0.29) is 16.8 Å². The van der Waals surface area contributed by atoms with Gasteiger partial charge in [-0.15, -0.1) is 0 Å². The lowest BCUT2D eigenvalue weighted by Crippen LogP contribution is -2.33. The Morgan fingerprint density at radius 2 is 1.96 bits per heavy atom. The summed E-state index contributed by atoms with van der Waals surface area (Å²) in [5, 5.41) is 0. The number of carbonyl (C=O) groups excluding carboxylic acids is 1. The second kappa shape index (κ2) is 7.13. The van der Waals surface area contributed by atoms with Crippen molar-refractivity contribution in [2.24, 2.45) is 7.05 Å².